The van der Waals surface area contributed by atoms with Gasteiger partial charge in [0.1, 0.15) is 6.54 Å². The van der Waals surface area contributed by atoms with Gasteiger partial charge in [0.05, 0.1) is 6.07 Å². The Morgan fingerprint density at radius 1 is 1.38 bits per heavy atom. The fraction of sp³-hybridized carbons (Fsp3) is 0.231. The van der Waals surface area contributed by atoms with Gasteiger partial charge >= 0.3 is 0 Å². The fourth-order valence-electron chi connectivity index (χ4n) is 1.87. The van der Waals surface area contributed by atoms with Crippen LogP contribution in [0.4, 0.5) is 0 Å². The number of fused-ring (bicyclic) bond motifs is 1. The van der Waals surface area contributed by atoms with Crippen molar-refractivity contribution in [3.05, 3.63) is 47.2 Å². The summed E-state index contributed by atoms with van der Waals surface area (Å²) < 4.78 is 0. The molecule has 0 heterocycles. The zero-order chi connectivity index (χ0) is 11.4. The third-order valence-corrected chi connectivity index (χ3v) is 2.67. The first kappa shape index (κ1) is 10.4. The highest BCUT2D eigenvalue weighted by atomic mass is 16.1. The van der Waals surface area contributed by atoms with Crippen LogP contribution in [0.25, 0.3) is 0 Å². The largest absolute Gasteiger partial charge is 0.378 e. The lowest BCUT2D eigenvalue weighted by Gasteiger charge is -2.16. The molecule has 3 nitrogen and oxygen atoms in total. The SMILES string of the molecule is N#CCN/C=C1/CCc2ccccc2C1=O. The quantitative estimate of drug-likeness (QED) is 0.462. The molecule has 0 atom stereocenters. The number of allylic oxidation sites excluding steroid dienone is 1. The van der Waals surface area contributed by atoms with E-state index in [9.17, 15) is 4.79 Å². The standard InChI is InChI=1S/C13H12N2O/c14-7-8-15-9-11-6-5-10-3-1-2-4-12(10)13(11)16/h1-4,9,15H,5-6,8H2/b11-9-. The molecule has 0 bridgehead atoms. The average Bonchev–Trinajstić information content (AvgIpc) is 2.33. The lowest BCUT2D eigenvalue weighted by molar-refractivity contribution is 0.102. The molecule has 3 heteroatoms. The van der Waals surface area contributed by atoms with E-state index in [1.54, 1.807) is 6.20 Å². The highest BCUT2D eigenvalue weighted by molar-refractivity contribution is 6.10. The molecule has 0 saturated heterocycles. The maximum Gasteiger partial charge on any atom is 0.190 e. The first-order valence-corrected chi connectivity index (χ1v) is 5.25. The Morgan fingerprint density at radius 3 is 3.00 bits per heavy atom. The topological polar surface area (TPSA) is 52.9 Å². The number of hydrogen-bond donors (Lipinski definition) is 1. The third-order valence-electron chi connectivity index (χ3n) is 2.67. The Balaban J connectivity index is 2.22. The van der Waals surface area contributed by atoms with Crippen molar-refractivity contribution >= 4 is 5.78 Å². The fourth-order valence-corrected chi connectivity index (χ4v) is 1.87. The second-order valence-corrected chi connectivity index (χ2v) is 3.69. The minimum absolute atomic E-state index is 0.0762. The molecule has 0 amide bonds. The van der Waals surface area contributed by atoms with Gasteiger partial charge in [-0.15, -0.1) is 0 Å². The molecular formula is C13H12N2O. The van der Waals surface area contributed by atoms with Crippen LogP contribution in [0.2, 0.25) is 0 Å². The highest BCUT2D eigenvalue weighted by Gasteiger charge is 2.20. The van der Waals surface area contributed by atoms with E-state index in [2.05, 4.69) is 5.32 Å². The van der Waals surface area contributed by atoms with E-state index in [0.29, 0.717) is 0 Å². The van der Waals surface area contributed by atoms with Crippen LogP contribution >= 0.6 is 0 Å². The van der Waals surface area contributed by atoms with Gasteiger partial charge in [0.25, 0.3) is 0 Å². The molecule has 1 aliphatic rings. The number of nitrogens with one attached hydrogen (secondary N) is 1. The van der Waals surface area contributed by atoms with Crippen LogP contribution in [-0.4, -0.2) is 12.3 Å². The van der Waals surface area contributed by atoms with Crippen molar-refractivity contribution in [2.24, 2.45) is 0 Å². The van der Waals surface area contributed by atoms with Crippen LogP contribution in [0.5, 0.6) is 0 Å². The number of Topliss-reactive ketones (excluding diaryl/α,β-unsaturated/α-hetero) is 1. The van der Waals surface area contributed by atoms with Crippen LogP contribution in [-0.2, 0) is 6.42 Å². The van der Waals surface area contributed by atoms with E-state index in [4.69, 9.17) is 5.26 Å². The molecule has 2 rings (SSSR count). The van der Waals surface area contributed by atoms with E-state index < -0.39 is 0 Å². The van der Waals surface area contributed by atoms with Gasteiger partial charge in [-0.3, -0.25) is 4.79 Å². The van der Waals surface area contributed by atoms with Gasteiger partial charge in [-0.05, 0) is 18.4 Å². The monoisotopic (exact) mass is 212 g/mol. The van der Waals surface area contributed by atoms with Crippen molar-refractivity contribution in [1.29, 1.82) is 5.26 Å². The Hall–Kier alpha value is -2.08. The minimum Gasteiger partial charge on any atom is -0.378 e. The summed E-state index contributed by atoms with van der Waals surface area (Å²) in [5, 5.41) is 11.2. The summed E-state index contributed by atoms with van der Waals surface area (Å²) in [6.07, 6.45) is 3.30. The molecule has 80 valence electrons. The zero-order valence-electron chi connectivity index (χ0n) is 8.86. The number of hydrogen-bond acceptors (Lipinski definition) is 3. The smallest absolute Gasteiger partial charge is 0.190 e. The summed E-state index contributed by atoms with van der Waals surface area (Å²) in [5.41, 5.74) is 2.66. The summed E-state index contributed by atoms with van der Waals surface area (Å²) in [7, 11) is 0. The molecular weight excluding hydrogens is 200 g/mol. The van der Waals surface area contributed by atoms with Gasteiger partial charge in [-0.1, -0.05) is 24.3 Å². The Kier molecular flexibility index (Phi) is 3.02. The van der Waals surface area contributed by atoms with E-state index in [0.717, 1.165) is 29.5 Å². The van der Waals surface area contributed by atoms with Gasteiger partial charge in [0.15, 0.2) is 5.78 Å². The lowest BCUT2D eigenvalue weighted by Crippen LogP contribution is -2.17. The average molecular weight is 212 g/mol. The highest BCUT2D eigenvalue weighted by Crippen LogP contribution is 2.24. The molecule has 1 aromatic rings. The Labute approximate surface area is 94.4 Å². The van der Waals surface area contributed by atoms with Crippen LogP contribution in [0, 0.1) is 11.3 Å². The number of ketones is 1. The van der Waals surface area contributed by atoms with Crippen molar-refractivity contribution in [3.63, 3.8) is 0 Å². The van der Waals surface area contributed by atoms with Crippen molar-refractivity contribution in [2.45, 2.75) is 12.8 Å². The number of nitrogens with zero attached hydrogens (tertiary/aromatic N) is 1. The van der Waals surface area contributed by atoms with Crippen molar-refractivity contribution in [2.75, 3.05) is 6.54 Å². The first-order valence-electron chi connectivity index (χ1n) is 5.25. The molecule has 0 aliphatic heterocycles. The molecule has 0 fully saturated rings. The Morgan fingerprint density at radius 2 is 2.19 bits per heavy atom. The molecule has 1 aliphatic carbocycles. The van der Waals surface area contributed by atoms with E-state index in [1.807, 2.05) is 30.3 Å². The number of carbonyl (C=O) groups excluding carboxylic acids is 1. The molecule has 0 aromatic heterocycles. The van der Waals surface area contributed by atoms with E-state index in [-0.39, 0.29) is 12.3 Å². The minimum atomic E-state index is 0.0762. The number of aryl methyl sites for hydroxylation is 1. The molecule has 16 heavy (non-hydrogen) atoms. The Bertz CT molecular complexity index is 483. The van der Waals surface area contributed by atoms with E-state index in [1.165, 1.54) is 0 Å². The van der Waals surface area contributed by atoms with Gasteiger partial charge in [-0.25, -0.2) is 0 Å². The van der Waals surface area contributed by atoms with Crippen LogP contribution < -0.4 is 5.32 Å². The lowest BCUT2D eigenvalue weighted by atomic mass is 9.87. The van der Waals surface area contributed by atoms with Crippen LogP contribution in [0.15, 0.2) is 36.0 Å². The number of benzene rings is 1. The second kappa shape index (κ2) is 4.63. The number of rotatable bonds is 2. The van der Waals surface area contributed by atoms with Crippen molar-refractivity contribution in [1.82, 2.24) is 5.32 Å². The second-order valence-electron chi connectivity index (χ2n) is 3.69. The summed E-state index contributed by atoms with van der Waals surface area (Å²) >= 11 is 0. The molecule has 0 saturated carbocycles. The van der Waals surface area contributed by atoms with Gasteiger partial charge < -0.3 is 5.32 Å². The van der Waals surface area contributed by atoms with Gasteiger partial charge in [-0.2, -0.15) is 5.26 Å². The maximum atomic E-state index is 12.0. The zero-order valence-corrected chi connectivity index (χ0v) is 8.86. The predicted octanol–water partition coefficient (Wildman–Crippen LogP) is 1.81. The number of carbonyl (C=O) groups is 1. The summed E-state index contributed by atoms with van der Waals surface area (Å²) in [4.78, 5) is 12.0. The van der Waals surface area contributed by atoms with Gasteiger partial charge in [0.2, 0.25) is 0 Å². The normalized spacial score (nSPS) is 16.7. The van der Waals surface area contributed by atoms with Crippen LogP contribution in [0.1, 0.15) is 22.3 Å². The first-order chi connectivity index (χ1) is 7.83. The molecule has 0 spiro atoms. The third kappa shape index (κ3) is 1.96. The molecule has 1 aromatic carbocycles. The maximum absolute atomic E-state index is 12.0. The summed E-state index contributed by atoms with van der Waals surface area (Å²) in [6.45, 7) is 0.235. The van der Waals surface area contributed by atoms with Crippen LogP contribution in [0.3, 0.4) is 0 Å². The van der Waals surface area contributed by atoms with Gasteiger partial charge in [0, 0.05) is 17.3 Å². The van der Waals surface area contributed by atoms with E-state index >= 15 is 0 Å². The molecule has 1 N–H and O–H groups in total. The predicted molar refractivity (Wildman–Crippen MR) is 60.8 cm³/mol. The molecule has 0 radical (unpaired) electrons. The summed E-state index contributed by atoms with van der Waals surface area (Å²) in [5.74, 6) is 0.0762. The molecule has 0 unspecified atom stereocenters. The van der Waals surface area contributed by atoms with Crippen molar-refractivity contribution in [3.8, 4) is 6.07 Å². The number of nitriles is 1. The summed E-state index contributed by atoms with van der Waals surface area (Å²) in [6, 6.07) is 9.65. The van der Waals surface area contributed by atoms with Crippen molar-refractivity contribution < 1.29 is 4.79 Å².